The first kappa shape index (κ1) is 23.6. The molecule has 0 bridgehead atoms. The van der Waals surface area contributed by atoms with Crippen molar-refractivity contribution < 1.29 is 18.7 Å². The molecule has 0 aliphatic heterocycles. The number of amides is 1. The molecular formula is C27H28N4O5. The molecule has 9 nitrogen and oxygen atoms in total. The third-order valence-electron chi connectivity index (χ3n) is 6.53. The van der Waals surface area contributed by atoms with Gasteiger partial charge in [-0.2, -0.15) is 0 Å². The number of likely N-dealkylation sites (N-methyl/N-ethyl adjacent to an activating group) is 1. The monoisotopic (exact) mass is 488 g/mol. The molecule has 2 aromatic heterocycles. The van der Waals surface area contributed by atoms with Crippen LogP contribution >= 0.6 is 0 Å². The Morgan fingerprint density at radius 1 is 1.25 bits per heavy atom. The van der Waals surface area contributed by atoms with Crippen LogP contribution in [0.1, 0.15) is 24.1 Å². The Hall–Kier alpha value is -4.11. The number of pyridine rings is 1. The van der Waals surface area contributed by atoms with Gasteiger partial charge in [-0.1, -0.05) is 12.1 Å². The predicted octanol–water partition coefficient (Wildman–Crippen LogP) is 4.13. The van der Waals surface area contributed by atoms with Crippen molar-refractivity contribution in [1.29, 1.82) is 0 Å². The minimum Gasteiger partial charge on any atom is -0.496 e. The maximum atomic E-state index is 13.2. The van der Waals surface area contributed by atoms with Gasteiger partial charge in [-0.15, -0.1) is 0 Å². The van der Waals surface area contributed by atoms with Crippen molar-refractivity contribution in [1.82, 2.24) is 20.2 Å². The van der Waals surface area contributed by atoms with Gasteiger partial charge >= 0.3 is 6.09 Å². The number of hydrogen-bond donors (Lipinski definition) is 2. The van der Waals surface area contributed by atoms with Crippen LogP contribution in [0.5, 0.6) is 5.75 Å². The first-order valence-electron chi connectivity index (χ1n) is 11.8. The number of methoxy groups -OCH3 is 1. The van der Waals surface area contributed by atoms with E-state index in [1.807, 2.05) is 33.2 Å². The Labute approximate surface area is 208 Å². The third-order valence-corrected chi connectivity index (χ3v) is 6.53. The number of aromatic nitrogens is 2. The largest absolute Gasteiger partial charge is 0.496 e. The highest BCUT2D eigenvalue weighted by molar-refractivity contribution is 5.88. The molecule has 5 rings (SSSR count). The molecule has 0 unspecified atom stereocenters. The van der Waals surface area contributed by atoms with Crippen molar-refractivity contribution >= 4 is 17.0 Å². The normalized spacial score (nSPS) is 16.8. The summed E-state index contributed by atoms with van der Waals surface area (Å²) in [5.74, 6) is 1.09. The summed E-state index contributed by atoms with van der Waals surface area (Å²) in [6, 6.07) is 11.1. The van der Waals surface area contributed by atoms with Gasteiger partial charge < -0.3 is 24.2 Å². The number of carbonyl (C=O) groups excluding carboxylic acids is 1. The number of fused-ring (bicyclic) bond motifs is 2. The lowest BCUT2D eigenvalue weighted by atomic mass is 10.0. The van der Waals surface area contributed by atoms with E-state index in [1.54, 1.807) is 31.5 Å². The Balaban J connectivity index is 1.54. The van der Waals surface area contributed by atoms with Gasteiger partial charge in [0.25, 0.3) is 0 Å². The highest BCUT2D eigenvalue weighted by Gasteiger charge is 2.37. The molecule has 2 N–H and O–H groups in total. The van der Waals surface area contributed by atoms with E-state index in [0.29, 0.717) is 46.6 Å². The summed E-state index contributed by atoms with van der Waals surface area (Å²) in [7, 11) is 5.51. The summed E-state index contributed by atoms with van der Waals surface area (Å²) in [6.07, 6.45) is 2.84. The molecule has 2 aromatic carbocycles. The molecule has 1 aliphatic rings. The summed E-state index contributed by atoms with van der Waals surface area (Å²) < 4.78 is 16.7. The lowest BCUT2D eigenvalue weighted by Crippen LogP contribution is -2.35. The molecule has 1 amide bonds. The predicted molar refractivity (Wildman–Crippen MR) is 136 cm³/mol. The van der Waals surface area contributed by atoms with Crippen LogP contribution in [0.3, 0.4) is 0 Å². The molecule has 36 heavy (non-hydrogen) atoms. The lowest BCUT2D eigenvalue weighted by molar-refractivity contribution is 0.0538. The fourth-order valence-corrected chi connectivity index (χ4v) is 4.94. The van der Waals surface area contributed by atoms with Gasteiger partial charge in [0, 0.05) is 36.2 Å². The summed E-state index contributed by atoms with van der Waals surface area (Å²) in [4.78, 5) is 34.7. The number of ether oxygens (including phenoxy) is 2. The molecule has 0 fully saturated rings. The van der Waals surface area contributed by atoms with Crippen molar-refractivity contribution in [2.75, 3.05) is 27.7 Å². The fourth-order valence-electron chi connectivity index (χ4n) is 4.94. The minimum atomic E-state index is -0.417. The summed E-state index contributed by atoms with van der Waals surface area (Å²) in [6.45, 7) is 2.37. The van der Waals surface area contributed by atoms with E-state index >= 15 is 0 Å². The molecule has 2 heterocycles. The average molecular weight is 489 g/mol. The molecule has 0 saturated heterocycles. The highest BCUT2D eigenvalue weighted by Crippen LogP contribution is 2.39. The second kappa shape index (κ2) is 9.50. The van der Waals surface area contributed by atoms with Gasteiger partial charge in [0.2, 0.25) is 0 Å². The average Bonchev–Trinajstić information content (AvgIpc) is 3.50. The van der Waals surface area contributed by atoms with Gasteiger partial charge in [-0.3, -0.25) is 9.69 Å². The SMILES string of the molecule is CCNC(=O)O[C@H]1Cc2ccc(-c3cc(=O)c4cc(-c5cnco5)c(OC)cc4[nH]3)cc2[C@@H]1N(C)C. The van der Waals surface area contributed by atoms with Crippen LogP contribution in [-0.2, 0) is 11.2 Å². The van der Waals surface area contributed by atoms with Crippen LogP contribution in [0, 0.1) is 0 Å². The number of nitrogens with zero attached hydrogens (tertiary/aromatic N) is 2. The fraction of sp³-hybridized carbons (Fsp3) is 0.296. The Morgan fingerprint density at radius 2 is 2.08 bits per heavy atom. The van der Waals surface area contributed by atoms with Gasteiger partial charge in [-0.05, 0) is 49.8 Å². The number of hydrogen-bond acceptors (Lipinski definition) is 7. The summed E-state index contributed by atoms with van der Waals surface area (Å²) in [5, 5.41) is 3.22. The van der Waals surface area contributed by atoms with Crippen molar-refractivity contribution in [2.24, 2.45) is 0 Å². The molecule has 0 saturated carbocycles. The van der Waals surface area contributed by atoms with E-state index in [0.717, 1.165) is 16.7 Å². The Morgan fingerprint density at radius 3 is 2.78 bits per heavy atom. The standard InChI is InChI=1S/C27H28N4O5/c1-5-29-27(33)36-24-9-15-6-7-16(8-17(15)26(24)31(2)3)20-11-22(32)18-10-19(25-13-28-14-35-25)23(34-4)12-21(18)30-20/h6-8,10-14,24,26H,5,9H2,1-4H3,(H,29,33)(H,30,32)/t24-,26-/m0/s1. The van der Waals surface area contributed by atoms with E-state index in [-0.39, 0.29) is 17.6 Å². The molecule has 2 atom stereocenters. The second-order valence-electron chi connectivity index (χ2n) is 9.01. The Kier molecular flexibility index (Phi) is 6.24. The van der Waals surface area contributed by atoms with Crippen molar-refractivity contribution in [2.45, 2.75) is 25.5 Å². The molecule has 0 radical (unpaired) electrons. The van der Waals surface area contributed by atoms with Crippen LogP contribution in [0.4, 0.5) is 4.79 Å². The first-order chi connectivity index (χ1) is 17.4. The molecule has 1 aliphatic carbocycles. The van der Waals surface area contributed by atoms with Gasteiger partial charge in [-0.25, -0.2) is 9.78 Å². The molecule has 9 heteroatoms. The molecular weight excluding hydrogens is 460 g/mol. The van der Waals surface area contributed by atoms with E-state index < -0.39 is 6.09 Å². The quantitative estimate of drug-likeness (QED) is 0.420. The third kappa shape index (κ3) is 4.22. The molecule has 4 aromatic rings. The number of benzene rings is 2. The number of carbonyl (C=O) groups is 1. The number of aromatic amines is 1. The maximum absolute atomic E-state index is 13.2. The highest BCUT2D eigenvalue weighted by atomic mass is 16.6. The topological polar surface area (TPSA) is 110 Å². The van der Waals surface area contributed by atoms with Gasteiger partial charge in [0.15, 0.2) is 17.6 Å². The maximum Gasteiger partial charge on any atom is 0.407 e. The molecule has 0 spiro atoms. The van der Waals surface area contributed by atoms with Crippen LogP contribution in [-0.4, -0.2) is 54.8 Å². The van der Waals surface area contributed by atoms with Crippen LogP contribution in [0.15, 0.2) is 58.2 Å². The minimum absolute atomic E-state index is 0.0979. The van der Waals surface area contributed by atoms with E-state index in [4.69, 9.17) is 13.9 Å². The van der Waals surface area contributed by atoms with Gasteiger partial charge in [0.05, 0.1) is 30.4 Å². The zero-order valence-electron chi connectivity index (χ0n) is 20.6. The van der Waals surface area contributed by atoms with E-state index in [2.05, 4.69) is 26.3 Å². The van der Waals surface area contributed by atoms with E-state index in [9.17, 15) is 9.59 Å². The van der Waals surface area contributed by atoms with Crippen molar-refractivity contribution in [3.63, 3.8) is 0 Å². The van der Waals surface area contributed by atoms with E-state index in [1.165, 1.54) is 6.39 Å². The number of alkyl carbamates (subject to hydrolysis) is 1. The number of rotatable bonds is 6. The van der Waals surface area contributed by atoms with Crippen LogP contribution in [0.2, 0.25) is 0 Å². The molecule has 186 valence electrons. The zero-order valence-corrected chi connectivity index (χ0v) is 20.6. The summed E-state index contributed by atoms with van der Waals surface area (Å²) >= 11 is 0. The smallest absolute Gasteiger partial charge is 0.407 e. The number of oxazole rings is 1. The zero-order chi connectivity index (χ0) is 25.4. The Bertz CT molecular complexity index is 1480. The van der Waals surface area contributed by atoms with Crippen LogP contribution in [0.25, 0.3) is 33.5 Å². The van der Waals surface area contributed by atoms with Gasteiger partial charge in [0.1, 0.15) is 11.9 Å². The lowest BCUT2D eigenvalue weighted by Gasteiger charge is -2.27. The first-order valence-corrected chi connectivity index (χ1v) is 11.8. The second-order valence-corrected chi connectivity index (χ2v) is 9.01. The number of nitrogens with one attached hydrogen (secondary N) is 2. The van der Waals surface area contributed by atoms with Crippen LogP contribution < -0.4 is 15.5 Å². The number of H-pyrrole nitrogens is 1. The summed E-state index contributed by atoms with van der Waals surface area (Å²) in [5.41, 5.74) is 4.94. The van der Waals surface area contributed by atoms with Crippen molar-refractivity contribution in [3.8, 4) is 28.3 Å². The van der Waals surface area contributed by atoms with Crippen molar-refractivity contribution in [3.05, 3.63) is 70.3 Å².